The van der Waals surface area contributed by atoms with Crippen molar-refractivity contribution in [2.45, 2.75) is 18.9 Å². The predicted molar refractivity (Wildman–Crippen MR) is 56.8 cm³/mol. The summed E-state index contributed by atoms with van der Waals surface area (Å²) < 4.78 is 0. The van der Waals surface area contributed by atoms with Gasteiger partial charge >= 0.3 is 0 Å². The zero-order valence-electron chi connectivity index (χ0n) is 7.70. The van der Waals surface area contributed by atoms with E-state index in [1.807, 2.05) is 0 Å². The van der Waals surface area contributed by atoms with E-state index in [1.54, 1.807) is 11.3 Å². The van der Waals surface area contributed by atoms with Gasteiger partial charge in [-0.15, -0.1) is 11.3 Å². The average molecular weight is 196 g/mol. The predicted octanol–water partition coefficient (Wildman–Crippen LogP) is 1.75. The Morgan fingerprint density at radius 2 is 2.54 bits per heavy atom. The van der Waals surface area contributed by atoms with Crippen molar-refractivity contribution in [1.29, 1.82) is 0 Å². The first kappa shape index (κ1) is 9.19. The number of piperidine rings is 1. The lowest BCUT2D eigenvalue weighted by Crippen LogP contribution is -2.35. The highest BCUT2D eigenvalue weighted by atomic mass is 32.1. The molecule has 0 bridgehead atoms. The molecule has 3 heteroatoms. The molecule has 1 saturated heterocycles. The fraction of sp³-hybridized carbons (Fsp3) is 0.600. The summed E-state index contributed by atoms with van der Waals surface area (Å²) in [5.41, 5.74) is 6.18. The third kappa shape index (κ3) is 2.10. The van der Waals surface area contributed by atoms with Crippen LogP contribution in [0, 0.1) is 5.92 Å². The summed E-state index contributed by atoms with van der Waals surface area (Å²) in [6.07, 6.45) is 2.54. The standard InChI is InChI=1S/C10H16N2S/c11-10(9-4-2-6-13-9)8-3-1-5-12-7-8/h2,4,6,8,10,12H,1,3,5,7,11H2. The van der Waals surface area contributed by atoms with Crippen molar-refractivity contribution in [3.63, 3.8) is 0 Å². The van der Waals surface area contributed by atoms with Gasteiger partial charge in [0.2, 0.25) is 0 Å². The van der Waals surface area contributed by atoms with E-state index < -0.39 is 0 Å². The topological polar surface area (TPSA) is 38.0 Å². The fourth-order valence-corrected chi connectivity index (χ4v) is 2.72. The minimum Gasteiger partial charge on any atom is -0.323 e. The zero-order chi connectivity index (χ0) is 9.10. The smallest absolute Gasteiger partial charge is 0.0430 e. The summed E-state index contributed by atoms with van der Waals surface area (Å²) in [4.78, 5) is 1.33. The molecule has 1 aromatic rings. The largest absolute Gasteiger partial charge is 0.323 e. The molecule has 1 aliphatic heterocycles. The van der Waals surface area contributed by atoms with Gasteiger partial charge in [0.05, 0.1) is 0 Å². The van der Waals surface area contributed by atoms with Crippen molar-refractivity contribution in [2.75, 3.05) is 13.1 Å². The van der Waals surface area contributed by atoms with Gasteiger partial charge in [0.15, 0.2) is 0 Å². The molecule has 72 valence electrons. The van der Waals surface area contributed by atoms with E-state index in [1.165, 1.54) is 17.7 Å². The first-order valence-corrected chi connectivity index (χ1v) is 5.75. The first-order valence-electron chi connectivity index (χ1n) is 4.87. The van der Waals surface area contributed by atoms with E-state index in [-0.39, 0.29) is 6.04 Å². The normalized spacial score (nSPS) is 25.8. The Kier molecular flexibility index (Phi) is 2.98. The van der Waals surface area contributed by atoms with Crippen LogP contribution in [0.25, 0.3) is 0 Å². The third-order valence-corrected chi connectivity index (χ3v) is 3.69. The molecule has 0 radical (unpaired) electrons. The van der Waals surface area contributed by atoms with Crippen molar-refractivity contribution >= 4 is 11.3 Å². The molecule has 2 nitrogen and oxygen atoms in total. The highest BCUT2D eigenvalue weighted by Crippen LogP contribution is 2.27. The third-order valence-electron chi connectivity index (χ3n) is 2.71. The Bertz CT molecular complexity index is 239. The summed E-state index contributed by atoms with van der Waals surface area (Å²) in [6.45, 7) is 2.24. The quantitative estimate of drug-likeness (QED) is 0.756. The van der Waals surface area contributed by atoms with Gasteiger partial charge in [0.1, 0.15) is 0 Å². The maximum atomic E-state index is 6.18. The molecule has 13 heavy (non-hydrogen) atoms. The summed E-state index contributed by atoms with van der Waals surface area (Å²) in [6, 6.07) is 4.47. The van der Waals surface area contributed by atoms with Crippen molar-refractivity contribution in [2.24, 2.45) is 11.7 Å². The number of hydrogen-bond acceptors (Lipinski definition) is 3. The SMILES string of the molecule is NC(c1cccs1)C1CCCNC1. The highest BCUT2D eigenvalue weighted by molar-refractivity contribution is 7.10. The lowest BCUT2D eigenvalue weighted by atomic mass is 9.91. The zero-order valence-corrected chi connectivity index (χ0v) is 8.52. The van der Waals surface area contributed by atoms with Gasteiger partial charge in [-0.1, -0.05) is 6.07 Å². The van der Waals surface area contributed by atoms with Crippen LogP contribution in [0.4, 0.5) is 0 Å². The van der Waals surface area contributed by atoms with E-state index in [9.17, 15) is 0 Å². The molecule has 2 heterocycles. The van der Waals surface area contributed by atoms with Gasteiger partial charge in [-0.2, -0.15) is 0 Å². The molecule has 0 aliphatic carbocycles. The van der Waals surface area contributed by atoms with Gasteiger partial charge in [0.25, 0.3) is 0 Å². The van der Waals surface area contributed by atoms with Crippen molar-refractivity contribution in [3.8, 4) is 0 Å². The molecule has 2 atom stereocenters. The Morgan fingerprint density at radius 1 is 1.62 bits per heavy atom. The van der Waals surface area contributed by atoms with E-state index in [0.717, 1.165) is 13.1 Å². The van der Waals surface area contributed by atoms with E-state index in [2.05, 4.69) is 22.8 Å². The molecule has 1 aliphatic rings. The van der Waals surface area contributed by atoms with E-state index in [0.29, 0.717) is 5.92 Å². The number of nitrogens with one attached hydrogen (secondary N) is 1. The minimum atomic E-state index is 0.243. The number of hydrogen-bond donors (Lipinski definition) is 2. The summed E-state index contributed by atoms with van der Waals surface area (Å²) in [7, 11) is 0. The van der Waals surface area contributed by atoms with Crippen LogP contribution >= 0.6 is 11.3 Å². The molecule has 1 fully saturated rings. The van der Waals surface area contributed by atoms with Gasteiger partial charge in [-0.05, 0) is 43.3 Å². The second kappa shape index (κ2) is 4.22. The van der Waals surface area contributed by atoms with Gasteiger partial charge in [0, 0.05) is 10.9 Å². The summed E-state index contributed by atoms with van der Waals surface area (Å²) >= 11 is 1.77. The van der Waals surface area contributed by atoms with Crippen LogP contribution in [-0.4, -0.2) is 13.1 Å². The number of thiophene rings is 1. The van der Waals surface area contributed by atoms with E-state index in [4.69, 9.17) is 5.73 Å². The molecular weight excluding hydrogens is 180 g/mol. The molecule has 2 rings (SSSR count). The van der Waals surface area contributed by atoms with Gasteiger partial charge < -0.3 is 11.1 Å². The molecule has 0 amide bonds. The maximum absolute atomic E-state index is 6.18. The molecule has 1 aromatic heterocycles. The van der Waals surface area contributed by atoms with Gasteiger partial charge in [-0.25, -0.2) is 0 Å². The molecular formula is C10H16N2S. The maximum Gasteiger partial charge on any atom is 0.0430 e. The van der Waals surface area contributed by atoms with Gasteiger partial charge in [-0.3, -0.25) is 0 Å². The molecule has 2 unspecified atom stereocenters. The van der Waals surface area contributed by atoms with Crippen LogP contribution in [0.15, 0.2) is 17.5 Å². The summed E-state index contributed by atoms with van der Waals surface area (Å²) in [5, 5.41) is 5.50. The molecule has 0 saturated carbocycles. The Hall–Kier alpha value is -0.380. The van der Waals surface area contributed by atoms with Crippen LogP contribution in [0.3, 0.4) is 0 Å². The molecule has 3 N–H and O–H groups in total. The van der Waals surface area contributed by atoms with Crippen molar-refractivity contribution in [1.82, 2.24) is 5.32 Å². The Balaban J connectivity index is 1.99. The molecule has 0 aromatic carbocycles. The second-order valence-electron chi connectivity index (χ2n) is 3.65. The highest BCUT2D eigenvalue weighted by Gasteiger charge is 2.21. The summed E-state index contributed by atoms with van der Waals surface area (Å²) in [5.74, 6) is 0.632. The van der Waals surface area contributed by atoms with E-state index >= 15 is 0 Å². The molecule has 0 spiro atoms. The first-order chi connectivity index (χ1) is 6.38. The van der Waals surface area contributed by atoms with Crippen LogP contribution in [0.2, 0.25) is 0 Å². The number of nitrogens with two attached hydrogens (primary N) is 1. The lowest BCUT2D eigenvalue weighted by molar-refractivity contribution is 0.329. The van der Waals surface area contributed by atoms with Crippen molar-refractivity contribution in [3.05, 3.63) is 22.4 Å². The monoisotopic (exact) mass is 196 g/mol. The Labute approximate surface area is 83.1 Å². The average Bonchev–Trinajstić information content (AvgIpc) is 2.71. The fourth-order valence-electron chi connectivity index (χ4n) is 1.90. The second-order valence-corrected chi connectivity index (χ2v) is 4.63. The van der Waals surface area contributed by atoms with Crippen LogP contribution < -0.4 is 11.1 Å². The van der Waals surface area contributed by atoms with Crippen LogP contribution in [0.1, 0.15) is 23.8 Å². The number of rotatable bonds is 2. The van der Waals surface area contributed by atoms with Crippen molar-refractivity contribution < 1.29 is 0 Å². The van der Waals surface area contributed by atoms with Crippen LogP contribution in [0.5, 0.6) is 0 Å². The Morgan fingerprint density at radius 3 is 3.15 bits per heavy atom. The lowest BCUT2D eigenvalue weighted by Gasteiger charge is -2.27. The minimum absolute atomic E-state index is 0.243. The van der Waals surface area contributed by atoms with Crippen LogP contribution in [-0.2, 0) is 0 Å².